The Hall–Kier alpha value is -3.86. The maximum atomic E-state index is 5.96. The second-order valence-corrected chi connectivity index (χ2v) is 8.95. The minimum Gasteiger partial charge on any atom is -0.493 e. The third-order valence-corrected chi connectivity index (χ3v) is 6.10. The normalized spacial score (nSPS) is 11.2. The molecule has 202 valence electrons. The molecule has 38 heavy (non-hydrogen) atoms. The van der Waals surface area contributed by atoms with Crippen molar-refractivity contribution in [2.75, 3.05) is 39.8 Å². The zero-order valence-corrected chi connectivity index (χ0v) is 23.6. The molecule has 0 radical (unpaired) electrons. The van der Waals surface area contributed by atoms with Gasteiger partial charge in [0.05, 0.1) is 33.1 Å². The lowest BCUT2D eigenvalue weighted by Crippen LogP contribution is -2.02. The number of nitrogens with one attached hydrogen (secondary N) is 1. The molecule has 0 aliphatic carbocycles. The van der Waals surface area contributed by atoms with Crippen LogP contribution in [-0.2, 0) is 6.42 Å². The molecule has 0 heterocycles. The summed E-state index contributed by atoms with van der Waals surface area (Å²) in [6.07, 6.45) is 11.2. The zero-order valence-electron chi connectivity index (χ0n) is 23.6. The molecular formula is C33H41NO4. The number of benzene rings is 3. The van der Waals surface area contributed by atoms with Gasteiger partial charge in [-0.2, -0.15) is 0 Å². The predicted octanol–water partition coefficient (Wildman–Crippen LogP) is 8.23. The van der Waals surface area contributed by atoms with Gasteiger partial charge in [-0.3, -0.25) is 0 Å². The summed E-state index contributed by atoms with van der Waals surface area (Å²) in [5.41, 5.74) is 6.43. The molecule has 3 aromatic carbocycles. The minimum absolute atomic E-state index is 0.646. The van der Waals surface area contributed by atoms with Crippen molar-refractivity contribution in [2.24, 2.45) is 0 Å². The van der Waals surface area contributed by atoms with Crippen molar-refractivity contribution < 1.29 is 18.9 Å². The van der Waals surface area contributed by atoms with Crippen LogP contribution >= 0.6 is 0 Å². The highest BCUT2D eigenvalue weighted by Gasteiger charge is 2.12. The van der Waals surface area contributed by atoms with Gasteiger partial charge in [0.1, 0.15) is 0 Å². The Morgan fingerprint density at radius 3 is 1.58 bits per heavy atom. The quantitative estimate of drug-likeness (QED) is 0.219. The average Bonchev–Trinajstić information content (AvgIpc) is 2.96. The summed E-state index contributed by atoms with van der Waals surface area (Å²) in [7, 11) is 5.25. The number of ether oxygens (including phenoxy) is 4. The summed E-state index contributed by atoms with van der Waals surface area (Å²) in [4.78, 5) is 0. The highest BCUT2D eigenvalue weighted by atomic mass is 16.5. The van der Waals surface area contributed by atoms with Crippen LogP contribution in [0.4, 0.5) is 5.69 Å². The first-order chi connectivity index (χ1) is 18.6. The Morgan fingerprint density at radius 2 is 1.11 bits per heavy atom. The fraction of sp³-hybridized carbons (Fsp3) is 0.333. The molecule has 0 saturated carbocycles. The van der Waals surface area contributed by atoms with Crippen molar-refractivity contribution in [3.05, 3.63) is 76.3 Å². The molecule has 0 bridgehead atoms. The van der Waals surface area contributed by atoms with Crippen molar-refractivity contribution in [2.45, 2.75) is 40.0 Å². The Balaban J connectivity index is 1.75. The topological polar surface area (TPSA) is 49.0 Å². The number of hydrogen-bond acceptors (Lipinski definition) is 5. The highest BCUT2D eigenvalue weighted by Crippen LogP contribution is 2.37. The third-order valence-electron chi connectivity index (χ3n) is 6.10. The molecule has 3 aromatic rings. The summed E-state index contributed by atoms with van der Waals surface area (Å²) in [5, 5.41) is 3.22. The van der Waals surface area contributed by atoms with E-state index in [1.165, 1.54) is 0 Å². The van der Waals surface area contributed by atoms with Gasteiger partial charge in [0.25, 0.3) is 0 Å². The fourth-order valence-corrected chi connectivity index (χ4v) is 4.08. The zero-order chi connectivity index (χ0) is 27.3. The van der Waals surface area contributed by atoms with E-state index in [1.807, 2.05) is 19.2 Å². The average molecular weight is 516 g/mol. The molecular weight excluding hydrogens is 474 g/mol. The molecule has 5 nitrogen and oxygen atoms in total. The van der Waals surface area contributed by atoms with Gasteiger partial charge in [-0.05, 0) is 71.3 Å². The predicted molar refractivity (Wildman–Crippen MR) is 161 cm³/mol. The fourth-order valence-electron chi connectivity index (χ4n) is 4.08. The van der Waals surface area contributed by atoms with Crippen molar-refractivity contribution >= 4 is 30.0 Å². The molecule has 0 aromatic heterocycles. The number of hydrogen-bond donors (Lipinski definition) is 1. The maximum absolute atomic E-state index is 5.96. The summed E-state index contributed by atoms with van der Waals surface area (Å²) >= 11 is 0. The van der Waals surface area contributed by atoms with Crippen LogP contribution in [0.25, 0.3) is 24.3 Å². The Morgan fingerprint density at radius 1 is 0.632 bits per heavy atom. The lowest BCUT2D eigenvalue weighted by atomic mass is 10.0. The van der Waals surface area contributed by atoms with Crippen LogP contribution in [-0.4, -0.2) is 34.5 Å². The van der Waals surface area contributed by atoms with Gasteiger partial charge >= 0.3 is 0 Å². The van der Waals surface area contributed by atoms with Crippen LogP contribution in [0.3, 0.4) is 0 Å². The molecule has 1 N–H and O–H groups in total. The first kappa shape index (κ1) is 28.7. The second-order valence-electron chi connectivity index (χ2n) is 8.95. The molecule has 0 amide bonds. The van der Waals surface area contributed by atoms with E-state index < -0.39 is 0 Å². The van der Waals surface area contributed by atoms with Crippen molar-refractivity contribution in [1.29, 1.82) is 0 Å². The first-order valence-electron chi connectivity index (χ1n) is 13.4. The van der Waals surface area contributed by atoms with Crippen LogP contribution in [0.1, 0.15) is 61.4 Å². The van der Waals surface area contributed by atoms with E-state index in [1.54, 1.807) is 14.2 Å². The molecule has 0 aliphatic rings. The third kappa shape index (κ3) is 7.58. The Labute approximate surface area is 228 Å². The van der Waals surface area contributed by atoms with E-state index in [9.17, 15) is 0 Å². The molecule has 0 aliphatic heterocycles. The van der Waals surface area contributed by atoms with Gasteiger partial charge in [-0.1, -0.05) is 69.3 Å². The van der Waals surface area contributed by atoms with E-state index in [4.69, 9.17) is 18.9 Å². The van der Waals surface area contributed by atoms with Gasteiger partial charge < -0.3 is 24.3 Å². The monoisotopic (exact) mass is 515 g/mol. The summed E-state index contributed by atoms with van der Waals surface area (Å²) < 4.78 is 23.1. The largest absolute Gasteiger partial charge is 0.493 e. The standard InChI is InChI=1S/C33H41NO4/c1-7-18-37-32-28(9-3)20-26(22-30(32)35-5)16-14-24-10-12-25(13-11-24)15-17-27-21-29(34-4)33(38-19-8-2)31(23-27)36-6/h10-17,20-23,34H,7-9,18-19H2,1-6H3/b16-14+,17-15+. The lowest BCUT2D eigenvalue weighted by molar-refractivity contribution is 0.291. The first-order valence-corrected chi connectivity index (χ1v) is 13.4. The molecule has 0 atom stereocenters. The number of aryl methyl sites for hydroxylation is 1. The smallest absolute Gasteiger partial charge is 0.184 e. The van der Waals surface area contributed by atoms with Gasteiger partial charge in [0, 0.05) is 7.05 Å². The van der Waals surface area contributed by atoms with Crippen LogP contribution < -0.4 is 24.3 Å². The SMILES string of the molecule is CCCOc1c(CC)cc(/C=C/c2ccc(/C=C/c3cc(NC)c(OCCC)c(OC)c3)cc2)cc1OC. The molecule has 0 fully saturated rings. The molecule has 5 heteroatoms. The minimum atomic E-state index is 0.646. The summed E-state index contributed by atoms with van der Waals surface area (Å²) in [5.74, 6) is 3.10. The van der Waals surface area contributed by atoms with Crippen molar-refractivity contribution in [3.8, 4) is 23.0 Å². The lowest BCUT2D eigenvalue weighted by Gasteiger charge is -2.15. The Bertz CT molecular complexity index is 1080. The number of anilines is 1. The van der Waals surface area contributed by atoms with Gasteiger partial charge in [0.2, 0.25) is 0 Å². The van der Waals surface area contributed by atoms with Crippen LogP contribution in [0.5, 0.6) is 23.0 Å². The summed E-state index contributed by atoms with van der Waals surface area (Å²) in [6.45, 7) is 7.66. The van der Waals surface area contributed by atoms with E-state index in [0.717, 1.165) is 75.8 Å². The van der Waals surface area contributed by atoms with Crippen LogP contribution in [0, 0.1) is 0 Å². The second kappa shape index (κ2) is 14.8. The number of rotatable bonds is 14. The summed E-state index contributed by atoms with van der Waals surface area (Å²) in [6, 6.07) is 16.7. The van der Waals surface area contributed by atoms with Crippen molar-refractivity contribution in [3.63, 3.8) is 0 Å². The van der Waals surface area contributed by atoms with Crippen LogP contribution in [0.2, 0.25) is 0 Å². The number of methoxy groups -OCH3 is 2. The van der Waals surface area contributed by atoms with Crippen LogP contribution in [0.15, 0.2) is 48.5 Å². The maximum Gasteiger partial charge on any atom is 0.184 e. The molecule has 3 rings (SSSR count). The van der Waals surface area contributed by atoms with Gasteiger partial charge in [-0.25, -0.2) is 0 Å². The van der Waals surface area contributed by atoms with E-state index >= 15 is 0 Å². The molecule has 0 saturated heterocycles. The van der Waals surface area contributed by atoms with E-state index in [0.29, 0.717) is 13.2 Å². The van der Waals surface area contributed by atoms with E-state index in [-0.39, 0.29) is 0 Å². The Kier molecular flexibility index (Phi) is 11.2. The van der Waals surface area contributed by atoms with E-state index in [2.05, 4.69) is 86.8 Å². The highest BCUT2D eigenvalue weighted by molar-refractivity contribution is 5.77. The van der Waals surface area contributed by atoms with Gasteiger partial charge in [-0.15, -0.1) is 0 Å². The van der Waals surface area contributed by atoms with Crippen molar-refractivity contribution in [1.82, 2.24) is 0 Å². The molecule has 0 unspecified atom stereocenters. The molecule has 0 spiro atoms. The van der Waals surface area contributed by atoms with Gasteiger partial charge in [0.15, 0.2) is 23.0 Å².